The number of aliphatic hydroxyl groups excluding tert-OH is 1. The van der Waals surface area contributed by atoms with Crippen molar-refractivity contribution in [3.05, 3.63) is 35.5 Å². The summed E-state index contributed by atoms with van der Waals surface area (Å²) in [5.74, 6) is -0.0824. The van der Waals surface area contributed by atoms with E-state index in [4.69, 9.17) is 5.11 Å². The third-order valence-electron chi connectivity index (χ3n) is 8.01. The Morgan fingerprint density at radius 1 is 1.08 bits per heavy atom. The van der Waals surface area contributed by atoms with Crippen LogP contribution in [0.4, 0.5) is 27.5 Å². The summed E-state index contributed by atoms with van der Waals surface area (Å²) in [7, 11) is -3.72. The molecule has 12 heteroatoms. The Kier molecular flexibility index (Phi) is 7.45. The fourth-order valence-electron chi connectivity index (χ4n) is 5.61. The van der Waals surface area contributed by atoms with Crippen molar-refractivity contribution >= 4 is 39.1 Å². The number of sulfonamides is 1. The monoisotopic (exact) mass is 560 g/mol. The molecule has 1 saturated carbocycles. The summed E-state index contributed by atoms with van der Waals surface area (Å²) < 4.78 is 41.7. The lowest BCUT2D eigenvalue weighted by Crippen LogP contribution is -2.44. The van der Waals surface area contributed by atoms with Crippen LogP contribution in [0.25, 0.3) is 0 Å². The van der Waals surface area contributed by atoms with Gasteiger partial charge in [-0.1, -0.05) is 0 Å². The lowest BCUT2D eigenvalue weighted by molar-refractivity contribution is 0.102. The summed E-state index contributed by atoms with van der Waals surface area (Å²) in [6.45, 7) is 5.29. The number of benzene rings is 1. The van der Waals surface area contributed by atoms with Gasteiger partial charge in [0.15, 0.2) is 0 Å². The molecular formula is C27H37FN6O4S. The highest BCUT2D eigenvalue weighted by atomic mass is 32.2. The van der Waals surface area contributed by atoms with E-state index in [-0.39, 0.29) is 12.5 Å². The smallest absolute Gasteiger partial charge is 0.258 e. The van der Waals surface area contributed by atoms with E-state index in [0.29, 0.717) is 59.2 Å². The van der Waals surface area contributed by atoms with Crippen LogP contribution < -0.4 is 19.8 Å². The molecule has 0 radical (unpaired) electrons. The van der Waals surface area contributed by atoms with Crippen LogP contribution in [-0.2, 0) is 10.0 Å². The van der Waals surface area contributed by atoms with Crippen molar-refractivity contribution in [2.75, 3.05) is 58.4 Å². The lowest BCUT2D eigenvalue weighted by atomic mass is 9.93. The van der Waals surface area contributed by atoms with Crippen LogP contribution in [0.2, 0.25) is 0 Å². The molecule has 0 unspecified atom stereocenters. The first-order valence-corrected chi connectivity index (χ1v) is 15.2. The standard InChI is InChI=1S/C27H37FN6O4S/c1-19-16-23(31-25(29-19)34-11-3-6-26(2,28)18-34)30-24(36)21-5-4-20(32-39(37,38)15-14-35)17-22(21)33-12-9-27(7-8-27)10-13-33/h4-5,16-17,32,35H,3,6-15,18H2,1-2H3,(H,29,30,31,36)/t26-/m1/s1. The van der Waals surface area contributed by atoms with Crippen molar-refractivity contribution < 1.29 is 22.7 Å². The summed E-state index contributed by atoms with van der Waals surface area (Å²) in [5, 5.41) is 12.0. The third kappa shape index (κ3) is 6.60. The Morgan fingerprint density at radius 3 is 2.49 bits per heavy atom. The Hall–Kier alpha value is -2.99. The van der Waals surface area contributed by atoms with Crippen molar-refractivity contribution in [3.8, 4) is 0 Å². The second-order valence-electron chi connectivity index (χ2n) is 11.5. The quantitative estimate of drug-likeness (QED) is 0.448. The van der Waals surface area contributed by atoms with Crippen LogP contribution in [0, 0.1) is 12.3 Å². The average molecular weight is 561 g/mol. The number of nitrogens with one attached hydrogen (secondary N) is 2. The Balaban J connectivity index is 1.40. The first kappa shape index (κ1) is 27.6. The molecule has 10 nitrogen and oxygen atoms in total. The van der Waals surface area contributed by atoms with Crippen molar-refractivity contribution in [2.24, 2.45) is 5.41 Å². The first-order chi connectivity index (χ1) is 18.5. The second-order valence-corrected chi connectivity index (χ2v) is 13.3. The lowest BCUT2D eigenvalue weighted by Gasteiger charge is -2.35. The van der Waals surface area contributed by atoms with E-state index in [1.54, 1.807) is 38.1 Å². The Morgan fingerprint density at radius 2 is 1.82 bits per heavy atom. The van der Waals surface area contributed by atoms with Crippen molar-refractivity contribution in [3.63, 3.8) is 0 Å². The zero-order chi connectivity index (χ0) is 27.8. The minimum atomic E-state index is -3.72. The molecule has 1 aromatic carbocycles. The fraction of sp³-hybridized carbons (Fsp3) is 0.593. The number of amides is 1. The molecule has 2 saturated heterocycles. The van der Waals surface area contributed by atoms with E-state index in [1.807, 2.05) is 4.90 Å². The van der Waals surface area contributed by atoms with Gasteiger partial charge in [0.2, 0.25) is 16.0 Å². The van der Waals surface area contributed by atoms with Crippen LogP contribution in [-0.4, -0.2) is 73.6 Å². The molecule has 1 atom stereocenters. The highest BCUT2D eigenvalue weighted by molar-refractivity contribution is 7.92. The maximum absolute atomic E-state index is 14.7. The molecule has 0 bridgehead atoms. The predicted molar refractivity (Wildman–Crippen MR) is 150 cm³/mol. The van der Waals surface area contributed by atoms with Crippen LogP contribution in [0.1, 0.15) is 61.5 Å². The van der Waals surface area contributed by atoms with E-state index >= 15 is 0 Å². The number of aliphatic hydroxyl groups is 1. The molecule has 1 aromatic heterocycles. The summed E-state index contributed by atoms with van der Waals surface area (Å²) in [5.41, 5.74) is 1.14. The van der Waals surface area contributed by atoms with Gasteiger partial charge >= 0.3 is 0 Å². The molecule has 2 aromatic rings. The van der Waals surface area contributed by atoms with Gasteiger partial charge < -0.3 is 20.2 Å². The number of alkyl halides is 1. The van der Waals surface area contributed by atoms with Crippen molar-refractivity contribution in [1.29, 1.82) is 0 Å². The SMILES string of the molecule is Cc1cc(NC(=O)c2ccc(NS(=O)(=O)CCO)cc2N2CCC3(CC2)CC3)nc(N2CCC[C@@](C)(F)C2)n1. The van der Waals surface area contributed by atoms with Gasteiger partial charge in [-0.05, 0) is 76.0 Å². The minimum absolute atomic E-state index is 0.193. The molecule has 5 rings (SSSR count). The van der Waals surface area contributed by atoms with Gasteiger partial charge in [-0.15, -0.1) is 0 Å². The first-order valence-electron chi connectivity index (χ1n) is 13.6. The summed E-state index contributed by atoms with van der Waals surface area (Å²) in [6.07, 6.45) is 5.73. The summed E-state index contributed by atoms with van der Waals surface area (Å²) in [6, 6.07) is 6.51. The molecule has 1 spiro atoms. The summed E-state index contributed by atoms with van der Waals surface area (Å²) >= 11 is 0. The summed E-state index contributed by atoms with van der Waals surface area (Å²) in [4.78, 5) is 26.5. The van der Waals surface area contributed by atoms with Gasteiger partial charge in [0.25, 0.3) is 5.91 Å². The molecule has 39 heavy (non-hydrogen) atoms. The Labute approximate surface area is 229 Å². The highest BCUT2D eigenvalue weighted by Gasteiger charge is 2.44. The molecule has 1 aliphatic carbocycles. The van der Waals surface area contributed by atoms with E-state index in [2.05, 4.69) is 24.9 Å². The number of hydrogen-bond acceptors (Lipinski definition) is 8. The molecule has 2 aliphatic heterocycles. The third-order valence-corrected chi connectivity index (χ3v) is 9.28. The number of halogens is 1. The van der Waals surface area contributed by atoms with E-state index < -0.39 is 28.1 Å². The maximum atomic E-state index is 14.7. The number of carbonyl (C=O) groups excluding carboxylic acids is 1. The Bertz CT molecular complexity index is 1340. The highest BCUT2D eigenvalue weighted by Crippen LogP contribution is 2.54. The average Bonchev–Trinajstić information content (AvgIpc) is 3.61. The number of rotatable bonds is 8. The fourth-order valence-corrected chi connectivity index (χ4v) is 6.43. The number of carbonyl (C=O) groups is 1. The molecule has 3 heterocycles. The second kappa shape index (κ2) is 10.5. The molecule has 3 aliphatic rings. The van der Waals surface area contributed by atoms with E-state index in [9.17, 15) is 17.6 Å². The molecule has 1 amide bonds. The number of hydrogen-bond donors (Lipinski definition) is 3. The number of nitrogens with zero attached hydrogens (tertiary/aromatic N) is 4. The van der Waals surface area contributed by atoms with E-state index in [0.717, 1.165) is 25.9 Å². The minimum Gasteiger partial charge on any atom is -0.395 e. The number of anilines is 4. The van der Waals surface area contributed by atoms with E-state index in [1.165, 1.54) is 12.8 Å². The number of aryl methyl sites for hydroxylation is 1. The van der Waals surface area contributed by atoms with Crippen LogP contribution >= 0.6 is 0 Å². The molecule has 212 valence electrons. The van der Waals surface area contributed by atoms with Crippen molar-refractivity contribution in [2.45, 2.75) is 58.0 Å². The van der Waals surface area contributed by atoms with Gasteiger partial charge in [-0.3, -0.25) is 9.52 Å². The van der Waals surface area contributed by atoms with Gasteiger partial charge in [-0.25, -0.2) is 17.8 Å². The maximum Gasteiger partial charge on any atom is 0.258 e. The zero-order valence-electron chi connectivity index (χ0n) is 22.5. The number of aromatic nitrogens is 2. The van der Waals surface area contributed by atoms with Crippen LogP contribution in [0.5, 0.6) is 0 Å². The number of piperidine rings is 2. The van der Waals surface area contributed by atoms with Gasteiger partial charge in [0, 0.05) is 31.4 Å². The topological polar surface area (TPSA) is 128 Å². The van der Waals surface area contributed by atoms with Crippen molar-refractivity contribution in [1.82, 2.24) is 9.97 Å². The predicted octanol–water partition coefficient (Wildman–Crippen LogP) is 3.48. The molecule has 3 N–H and O–H groups in total. The zero-order valence-corrected chi connectivity index (χ0v) is 23.4. The molecular weight excluding hydrogens is 523 g/mol. The van der Waals surface area contributed by atoms with Crippen LogP contribution in [0.15, 0.2) is 24.3 Å². The van der Waals surface area contributed by atoms with Gasteiger partial charge in [0.05, 0.1) is 35.8 Å². The van der Waals surface area contributed by atoms with Gasteiger partial charge in [0.1, 0.15) is 11.5 Å². The normalized spacial score (nSPS) is 22.6. The molecule has 3 fully saturated rings. The van der Waals surface area contributed by atoms with Crippen LogP contribution in [0.3, 0.4) is 0 Å². The van der Waals surface area contributed by atoms with Gasteiger partial charge in [-0.2, -0.15) is 4.98 Å². The largest absolute Gasteiger partial charge is 0.395 e.